The van der Waals surface area contributed by atoms with Crippen molar-refractivity contribution < 1.29 is 0 Å². The third-order valence-electron chi connectivity index (χ3n) is 5.07. The molecule has 0 unspecified atom stereocenters. The molecule has 3 rings (SSSR count). The summed E-state index contributed by atoms with van der Waals surface area (Å²) in [5.74, 6) is 2.99. The summed E-state index contributed by atoms with van der Waals surface area (Å²) in [6, 6.07) is 0.904. The molecule has 3 aliphatic carbocycles. The zero-order valence-electron chi connectivity index (χ0n) is 10.3. The summed E-state index contributed by atoms with van der Waals surface area (Å²) < 4.78 is 0. The number of nitrogens with one attached hydrogen (secondary N) is 1. The molecule has 0 aromatic rings. The Hall–Kier alpha value is -0.0400. The molecule has 3 aliphatic rings. The van der Waals surface area contributed by atoms with Crippen molar-refractivity contribution >= 4 is 0 Å². The highest BCUT2D eigenvalue weighted by molar-refractivity contribution is 5.01. The smallest absolute Gasteiger partial charge is 0.0124 e. The van der Waals surface area contributed by atoms with Crippen molar-refractivity contribution in [2.24, 2.45) is 23.2 Å². The van der Waals surface area contributed by atoms with Crippen molar-refractivity contribution in [1.29, 1.82) is 0 Å². The maximum absolute atomic E-state index is 3.93. The van der Waals surface area contributed by atoms with Gasteiger partial charge in [-0.3, -0.25) is 0 Å². The van der Waals surface area contributed by atoms with E-state index in [1.54, 1.807) is 0 Å². The average Bonchev–Trinajstić information content (AvgIpc) is 3.06. The first-order chi connectivity index (χ1) is 7.21. The van der Waals surface area contributed by atoms with Crippen molar-refractivity contribution in [3.63, 3.8) is 0 Å². The zero-order valence-corrected chi connectivity index (χ0v) is 10.3. The van der Waals surface area contributed by atoms with Gasteiger partial charge in [-0.15, -0.1) is 0 Å². The van der Waals surface area contributed by atoms with E-state index in [1.807, 2.05) is 0 Å². The topological polar surface area (TPSA) is 12.0 Å². The molecule has 3 fully saturated rings. The third kappa shape index (κ3) is 2.08. The van der Waals surface area contributed by atoms with E-state index in [1.165, 1.54) is 45.1 Å². The van der Waals surface area contributed by atoms with Crippen LogP contribution in [0.5, 0.6) is 0 Å². The maximum atomic E-state index is 3.93. The number of hydrogen-bond donors (Lipinski definition) is 1. The fourth-order valence-electron chi connectivity index (χ4n) is 3.07. The summed E-state index contributed by atoms with van der Waals surface area (Å²) in [5, 5.41) is 3.93. The lowest BCUT2D eigenvalue weighted by Crippen LogP contribution is -2.38. The van der Waals surface area contributed by atoms with E-state index >= 15 is 0 Å². The van der Waals surface area contributed by atoms with Gasteiger partial charge < -0.3 is 5.32 Å². The maximum Gasteiger partial charge on any atom is 0.0124 e. The molecule has 86 valence electrons. The van der Waals surface area contributed by atoms with Gasteiger partial charge in [-0.25, -0.2) is 0 Å². The molecule has 0 aliphatic heterocycles. The Kier molecular flexibility index (Phi) is 2.35. The van der Waals surface area contributed by atoms with Gasteiger partial charge in [0.1, 0.15) is 0 Å². The van der Waals surface area contributed by atoms with E-state index < -0.39 is 0 Å². The Balaban J connectivity index is 1.51. The van der Waals surface area contributed by atoms with Gasteiger partial charge in [0.15, 0.2) is 0 Å². The summed E-state index contributed by atoms with van der Waals surface area (Å²) in [6.07, 6.45) is 8.96. The van der Waals surface area contributed by atoms with Crippen LogP contribution in [0.25, 0.3) is 0 Å². The molecular weight excluding hydrogens is 182 g/mol. The summed E-state index contributed by atoms with van der Waals surface area (Å²) in [4.78, 5) is 0. The average molecular weight is 207 g/mol. The van der Waals surface area contributed by atoms with Crippen LogP contribution in [0.15, 0.2) is 0 Å². The van der Waals surface area contributed by atoms with Gasteiger partial charge in [-0.05, 0) is 61.7 Å². The van der Waals surface area contributed by atoms with Gasteiger partial charge in [-0.2, -0.15) is 0 Å². The van der Waals surface area contributed by atoms with Crippen LogP contribution >= 0.6 is 0 Å². The van der Waals surface area contributed by atoms with E-state index in [0.29, 0.717) is 5.41 Å². The lowest BCUT2D eigenvalue weighted by molar-refractivity contribution is 0.298. The van der Waals surface area contributed by atoms with Gasteiger partial charge in [0.25, 0.3) is 0 Å². The van der Waals surface area contributed by atoms with Crippen LogP contribution in [0, 0.1) is 23.2 Å². The van der Waals surface area contributed by atoms with E-state index in [-0.39, 0.29) is 0 Å². The molecule has 15 heavy (non-hydrogen) atoms. The summed E-state index contributed by atoms with van der Waals surface area (Å²) in [7, 11) is 0. The van der Waals surface area contributed by atoms with Crippen LogP contribution in [-0.2, 0) is 0 Å². The van der Waals surface area contributed by atoms with Crippen LogP contribution < -0.4 is 5.32 Å². The third-order valence-corrected chi connectivity index (χ3v) is 5.07. The summed E-state index contributed by atoms with van der Waals surface area (Å²) in [5.41, 5.74) is 0.696. The lowest BCUT2D eigenvalue weighted by atomic mass is 9.91. The first-order valence-corrected chi connectivity index (χ1v) is 6.95. The second-order valence-electron chi connectivity index (χ2n) is 6.60. The first kappa shape index (κ1) is 10.1. The highest BCUT2D eigenvalue weighted by Crippen LogP contribution is 2.52. The van der Waals surface area contributed by atoms with E-state index in [4.69, 9.17) is 0 Å². The molecule has 0 amide bonds. The predicted octanol–water partition coefficient (Wildman–Crippen LogP) is 3.20. The molecule has 3 saturated carbocycles. The number of rotatable bonds is 6. The van der Waals surface area contributed by atoms with Crippen LogP contribution in [0.4, 0.5) is 0 Å². The second kappa shape index (κ2) is 3.48. The van der Waals surface area contributed by atoms with E-state index in [2.05, 4.69) is 19.2 Å². The van der Waals surface area contributed by atoms with Gasteiger partial charge in [-0.1, -0.05) is 13.8 Å². The Bertz CT molecular complexity index is 222. The Morgan fingerprint density at radius 1 is 1.07 bits per heavy atom. The molecule has 0 heterocycles. The molecule has 1 heteroatoms. The molecule has 0 radical (unpaired) electrons. The summed E-state index contributed by atoms with van der Waals surface area (Å²) in [6.45, 7) is 6.11. The molecule has 0 aromatic heterocycles. The molecule has 0 atom stereocenters. The minimum atomic E-state index is 0.696. The monoisotopic (exact) mass is 207 g/mol. The molecule has 1 N–H and O–H groups in total. The lowest BCUT2D eigenvalue weighted by Gasteiger charge is -2.25. The second-order valence-corrected chi connectivity index (χ2v) is 6.60. The minimum Gasteiger partial charge on any atom is -0.313 e. The predicted molar refractivity (Wildman–Crippen MR) is 63.7 cm³/mol. The SMILES string of the molecule is CC(C)C1(CNC(C2CC2)C2CC2)CC1. The van der Waals surface area contributed by atoms with Gasteiger partial charge >= 0.3 is 0 Å². The van der Waals surface area contributed by atoms with Crippen molar-refractivity contribution in [2.45, 2.75) is 58.4 Å². The normalized spacial score (nSPS) is 28.8. The Morgan fingerprint density at radius 2 is 1.60 bits per heavy atom. The van der Waals surface area contributed by atoms with Crippen LogP contribution in [-0.4, -0.2) is 12.6 Å². The summed E-state index contributed by atoms with van der Waals surface area (Å²) >= 11 is 0. The Labute approximate surface area is 94.0 Å². The van der Waals surface area contributed by atoms with Crippen LogP contribution in [0.2, 0.25) is 0 Å². The Morgan fingerprint density at radius 3 is 1.93 bits per heavy atom. The van der Waals surface area contributed by atoms with Crippen molar-refractivity contribution in [3.8, 4) is 0 Å². The van der Waals surface area contributed by atoms with Crippen molar-refractivity contribution in [1.82, 2.24) is 5.32 Å². The largest absolute Gasteiger partial charge is 0.313 e. The molecule has 0 spiro atoms. The quantitative estimate of drug-likeness (QED) is 0.705. The van der Waals surface area contributed by atoms with Gasteiger partial charge in [0, 0.05) is 12.6 Å². The standard InChI is InChI=1S/C14H25N/c1-10(2)14(7-8-14)9-15-13(11-3-4-11)12-5-6-12/h10-13,15H,3-9H2,1-2H3. The fraction of sp³-hybridized carbons (Fsp3) is 1.00. The van der Waals surface area contributed by atoms with Crippen LogP contribution in [0.1, 0.15) is 52.4 Å². The molecule has 0 saturated heterocycles. The fourth-order valence-corrected chi connectivity index (χ4v) is 3.07. The van der Waals surface area contributed by atoms with E-state index in [0.717, 1.165) is 23.8 Å². The van der Waals surface area contributed by atoms with E-state index in [9.17, 15) is 0 Å². The molecule has 1 nitrogen and oxygen atoms in total. The zero-order chi connectivity index (χ0) is 10.5. The molecule has 0 bridgehead atoms. The van der Waals surface area contributed by atoms with Crippen molar-refractivity contribution in [2.75, 3.05) is 6.54 Å². The van der Waals surface area contributed by atoms with Gasteiger partial charge in [0.2, 0.25) is 0 Å². The van der Waals surface area contributed by atoms with Crippen molar-refractivity contribution in [3.05, 3.63) is 0 Å². The number of hydrogen-bond acceptors (Lipinski definition) is 1. The highest BCUT2D eigenvalue weighted by atomic mass is 15.0. The molecule has 0 aromatic carbocycles. The van der Waals surface area contributed by atoms with Gasteiger partial charge in [0.05, 0.1) is 0 Å². The minimum absolute atomic E-state index is 0.696. The first-order valence-electron chi connectivity index (χ1n) is 6.95. The molecular formula is C14H25N. The highest BCUT2D eigenvalue weighted by Gasteiger charge is 2.47. The van der Waals surface area contributed by atoms with Crippen LogP contribution in [0.3, 0.4) is 0 Å².